The second-order valence-electron chi connectivity index (χ2n) is 3.54. The molecule has 0 heterocycles. The smallest absolute Gasteiger partial charge is 0.310 e. The third-order valence-corrected chi connectivity index (χ3v) is 2.19. The van der Waals surface area contributed by atoms with Crippen LogP contribution in [0.15, 0.2) is 36.4 Å². The van der Waals surface area contributed by atoms with Gasteiger partial charge in [0.2, 0.25) is 0 Å². The molecule has 0 amide bonds. The Bertz CT molecular complexity index is 470. The van der Waals surface area contributed by atoms with Gasteiger partial charge in [0.25, 0.3) is 0 Å². The topological polar surface area (TPSA) is 78.7 Å². The maximum Gasteiger partial charge on any atom is 0.310 e. The van der Waals surface area contributed by atoms with Gasteiger partial charge in [-0.05, 0) is 18.2 Å². The molecule has 0 unspecified atom stereocenters. The van der Waals surface area contributed by atoms with E-state index in [-0.39, 0.29) is 30.6 Å². The molecule has 0 atom stereocenters. The molecule has 0 aliphatic carbocycles. The van der Waals surface area contributed by atoms with E-state index in [0.717, 1.165) is 0 Å². The van der Waals surface area contributed by atoms with Crippen LogP contribution in [0.2, 0.25) is 0 Å². The minimum absolute atomic E-state index is 0.0756. The summed E-state index contributed by atoms with van der Waals surface area (Å²) in [6, 6.07) is 6.14. The first-order valence-corrected chi connectivity index (χ1v) is 5.82. The van der Waals surface area contributed by atoms with Crippen LogP contribution in [0.4, 0.5) is 5.69 Å². The Labute approximate surface area is 110 Å². The van der Waals surface area contributed by atoms with E-state index in [1.165, 1.54) is 12.1 Å². The molecule has 1 aromatic rings. The van der Waals surface area contributed by atoms with Crippen LogP contribution < -0.4 is 4.74 Å². The average Bonchev–Trinajstić information content (AvgIpc) is 2.42. The van der Waals surface area contributed by atoms with Gasteiger partial charge < -0.3 is 9.47 Å². The lowest BCUT2D eigenvalue weighted by atomic mass is 10.3. The van der Waals surface area contributed by atoms with Crippen LogP contribution in [-0.4, -0.2) is 24.1 Å². The summed E-state index contributed by atoms with van der Waals surface area (Å²) in [5.74, 6) is -0.0630. The minimum Gasteiger partial charge on any atom is -0.483 e. The van der Waals surface area contributed by atoms with Gasteiger partial charge >= 0.3 is 11.7 Å². The van der Waals surface area contributed by atoms with Crippen molar-refractivity contribution >= 4 is 11.7 Å². The Morgan fingerprint density at radius 3 is 2.68 bits per heavy atom. The number of ether oxygens (including phenoxy) is 2. The summed E-state index contributed by atoms with van der Waals surface area (Å²) in [6.07, 6.45) is 3.60. The van der Waals surface area contributed by atoms with Crippen LogP contribution >= 0.6 is 0 Å². The van der Waals surface area contributed by atoms with Crippen molar-refractivity contribution < 1.29 is 19.2 Å². The summed E-state index contributed by atoms with van der Waals surface area (Å²) in [6.45, 7) is 2.06. The standard InChI is InChI=1S/C13H15NO5/c1-2-13(15)19-10-6-5-9-18-12-8-4-3-7-11(12)14(16)17/h3-8H,2,9-10H2,1H3/b6-5-. The number of hydrogen-bond donors (Lipinski definition) is 0. The number of nitro groups is 1. The quantitative estimate of drug-likeness (QED) is 0.327. The number of benzene rings is 1. The Balaban J connectivity index is 2.39. The van der Waals surface area contributed by atoms with Crippen molar-refractivity contribution in [2.45, 2.75) is 13.3 Å². The fourth-order valence-corrected chi connectivity index (χ4v) is 1.25. The normalized spacial score (nSPS) is 10.4. The number of rotatable bonds is 7. The van der Waals surface area contributed by atoms with E-state index in [4.69, 9.17) is 9.47 Å². The molecule has 0 saturated heterocycles. The van der Waals surface area contributed by atoms with E-state index >= 15 is 0 Å². The fourth-order valence-electron chi connectivity index (χ4n) is 1.25. The molecule has 0 saturated carbocycles. The number of nitro benzene ring substituents is 1. The largest absolute Gasteiger partial charge is 0.483 e. The molecule has 0 bridgehead atoms. The lowest BCUT2D eigenvalue weighted by molar-refractivity contribution is -0.385. The van der Waals surface area contributed by atoms with Crippen molar-refractivity contribution in [3.8, 4) is 5.75 Å². The SMILES string of the molecule is CCC(=O)OC/C=C\COc1ccccc1[N+](=O)[O-]. The molecule has 0 aliphatic heterocycles. The predicted octanol–water partition coefficient (Wildman–Crippen LogP) is 2.48. The lowest BCUT2D eigenvalue weighted by Crippen LogP contribution is -2.02. The van der Waals surface area contributed by atoms with Gasteiger partial charge in [0, 0.05) is 12.5 Å². The summed E-state index contributed by atoms with van der Waals surface area (Å²) < 4.78 is 10.1. The van der Waals surface area contributed by atoms with Crippen LogP contribution in [0.25, 0.3) is 0 Å². The Kier molecular flexibility index (Phi) is 6.08. The highest BCUT2D eigenvalue weighted by Gasteiger charge is 2.12. The molecule has 19 heavy (non-hydrogen) atoms. The van der Waals surface area contributed by atoms with Crippen molar-refractivity contribution in [3.05, 3.63) is 46.5 Å². The van der Waals surface area contributed by atoms with Gasteiger partial charge in [-0.1, -0.05) is 19.1 Å². The van der Waals surface area contributed by atoms with E-state index in [1.807, 2.05) is 0 Å². The zero-order chi connectivity index (χ0) is 14.1. The number of carbonyl (C=O) groups excluding carboxylic acids is 1. The van der Waals surface area contributed by atoms with Gasteiger partial charge in [-0.25, -0.2) is 0 Å². The molecule has 102 valence electrons. The molecule has 0 radical (unpaired) electrons. The van der Waals surface area contributed by atoms with Gasteiger partial charge in [0.05, 0.1) is 4.92 Å². The third-order valence-electron chi connectivity index (χ3n) is 2.19. The van der Waals surface area contributed by atoms with Gasteiger partial charge in [-0.3, -0.25) is 14.9 Å². The number of esters is 1. The highest BCUT2D eigenvalue weighted by molar-refractivity contribution is 5.68. The number of nitrogens with zero attached hydrogens (tertiary/aromatic N) is 1. The number of carbonyl (C=O) groups is 1. The highest BCUT2D eigenvalue weighted by Crippen LogP contribution is 2.25. The summed E-state index contributed by atoms with van der Waals surface area (Å²) in [5.41, 5.74) is -0.0756. The number of para-hydroxylation sites is 2. The van der Waals surface area contributed by atoms with E-state index in [2.05, 4.69) is 0 Å². The van der Waals surface area contributed by atoms with Crippen LogP contribution in [0.3, 0.4) is 0 Å². The van der Waals surface area contributed by atoms with Gasteiger partial charge in [-0.15, -0.1) is 0 Å². The van der Waals surface area contributed by atoms with Gasteiger partial charge in [0.15, 0.2) is 5.75 Å². The first kappa shape index (κ1) is 14.7. The molecule has 1 rings (SSSR count). The van der Waals surface area contributed by atoms with E-state index in [0.29, 0.717) is 6.42 Å². The molecule has 1 aromatic carbocycles. The van der Waals surface area contributed by atoms with Crippen LogP contribution in [0, 0.1) is 10.1 Å². The van der Waals surface area contributed by atoms with Crippen LogP contribution in [0.1, 0.15) is 13.3 Å². The zero-order valence-corrected chi connectivity index (χ0v) is 10.6. The molecule has 0 fully saturated rings. The fraction of sp³-hybridized carbons (Fsp3) is 0.308. The van der Waals surface area contributed by atoms with E-state index in [9.17, 15) is 14.9 Å². The molecule has 0 aliphatic rings. The minimum atomic E-state index is -0.498. The van der Waals surface area contributed by atoms with Gasteiger partial charge in [-0.2, -0.15) is 0 Å². The van der Waals surface area contributed by atoms with E-state index < -0.39 is 4.92 Å². The van der Waals surface area contributed by atoms with Gasteiger partial charge in [0.1, 0.15) is 13.2 Å². The molecule has 6 heteroatoms. The Morgan fingerprint density at radius 2 is 2.00 bits per heavy atom. The monoisotopic (exact) mass is 265 g/mol. The first-order chi connectivity index (χ1) is 9.15. The van der Waals surface area contributed by atoms with E-state index in [1.54, 1.807) is 31.2 Å². The Morgan fingerprint density at radius 1 is 1.32 bits per heavy atom. The maximum atomic E-state index is 10.8. The molecule has 6 nitrogen and oxygen atoms in total. The summed E-state index contributed by atoms with van der Waals surface area (Å²) in [5, 5.41) is 10.7. The first-order valence-electron chi connectivity index (χ1n) is 5.82. The van der Waals surface area contributed by atoms with Crippen LogP contribution in [0.5, 0.6) is 5.75 Å². The van der Waals surface area contributed by atoms with Crippen molar-refractivity contribution in [3.63, 3.8) is 0 Å². The van der Waals surface area contributed by atoms with Crippen molar-refractivity contribution in [2.24, 2.45) is 0 Å². The average molecular weight is 265 g/mol. The summed E-state index contributed by atoms with van der Waals surface area (Å²) >= 11 is 0. The lowest BCUT2D eigenvalue weighted by Gasteiger charge is -2.03. The second-order valence-corrected chi connectivity index (χ2v) is 3.54. The summed E-state index contributed by atoms with van der Waals surface area (Å²) in [4.78, 5) is 21.0. The predicted molar refractivity (Wildman–Crippen MR) is 69.0 cm³/mol. The van der Waals surface area contributed by atoms with Crippen molar-refractivity contribution in [2.75, 3.05) is 13.2 Å². The second kappa shape index (κ2) is 7.86. The van der Waals surface area contributed by atoms with Crippen LogP contribution in [-0.2, 0) is 9.53 Å². The summed E-state index contributed by atoms with van der Waals surface area (Å²) in [7, 11) is 0. The van der Waals surface area contributed by atoms with Crippen molar-refractivity contribution in [1.29, 1.82) is 0 Å². The number of hydrogen-bond acceptors (Lipinski definition) is 5. The molecule has 0 spiro atoms. The van der Waals surface area contributed by atoms with Crippen molar-refractivity contribution in [1.82, 2.24) is 0 Å². The molecule has 0 N–H and O–H groups in total. The highest BCUT2D eigenvalue weighted by atomic mass is 16.6. The maximum absolute atomic E-state index is 10.8. The molecule has 0 aromatic heterocycles. The molecular formula is C13H15NO5. The molecular weight excluding hydrogens is 250 g/mol. The zero-order valence-electron chi connectivity index (χ0n) is 10.6. The Hall–Kier alpha value is -2.37. The third kappa shape index (κ3) is 5.20.